The molecule has 0 amide bonds. The fourth-order valence-corrected chi connectivity index (χ4v) is 1.66. The highest BCUT2D eigenvalue weighted by atomic mass is 14.0. The van der Waals surface area contributed by atoms with Crippen LogP contribution in [0.2, 0.25) is 0 Å². The lowest BCUT2D eigenvalue weighted by atomic mass is 10.0. The summed E-state index contributed by atoms with van der Waals surface area (Å²) in [6.07, 6.45) is 0. The monoisotopic (exact) mass is 362 g/mol. The van der Waals surface area contributed by atoms with Crippen LogP contribution in [0.5, 0.6) is 0 Å². The molecule has 0 saturated carbocycles. The van der Waals surface area contributed by atoms with Gasteiger partial charge in [0.25, 0.3) is 0 Å². The Balaban J connectivity index is 0.000000341. The normalized spacial score (nSPS) is 9.48. The fourth-order valence-electron chi connectivity index (χ4n) is 1.66. The summed E-state index contributed by atoms with van der Waals surface area (Å²) < 4.78 is 0. The molecule has 0 aliphatic rings. The molecule has 146 valence electrons. The van der Waals surface area contributed by atoms with Gasteiger partial charge in [-0.3, -0.25) is 0 Å². The van der Waals surface area contributed by atoms with Crippen molar-refractivity contribution >= 4 is 0 Å². The quantitative estimate of drug-likeness (QED) is 0.377. The lowest BCUT2D eigenvalue weighted by Crippen LogP contribution is -1.93. The van der Waals surface area contributed by atoms with Gasteiger partial charge >= 0.3 is 0 Å². The molecule has 0 nitrogen and oxygen atoms in total. The van der Waals surface area contributed by atoms with Crippen LogP contribution in [-0.2, 0) is 0 Å². The zero-order valence-electron chi connectivity index (χ0n) is 18.6. The summed E-state index contributed by atoms with van der Waals surface area (Å²) in [4.78, 5) is 0. The molecule has 0 bridgehead atoms. The summed E-state index contributed by atoms with van der Waals surface area (Å²) in [5.41, 5.74) is 5.82. The topological polar surface area (TPSA) is 0 Å². The molecule has 3 aromatic rings. The average Bonchev–Trinajstić information content (AvgIpc) is 2.61. The lowest BCUT2D eigenvalue weighted by Gasteiger charge is -2.05. The van der Waals surface area contributed by atoms with Gasteiger partial charge in [0.15, 0.2) is 0 Å². The van der Waals surface area contributed by atoms with Crippen molar-refractivity contribution in [2.75, 3.05) is 0 Å². The minimum Gasteiger partial charge on any atom is -0.0623 e. The average molecular weight is 363 g/mol. The van der Waals surface area contributed by atoms with Gasteiger partial charge in [0.05, 0.1) is 0 Å². The van der Waals surface area contributed by atoms with Gasteiger partial charge in [-0.1, -0.05) is 135 Å². The Hall–Kier alpha value is -2.34. The Bertz CT molecular complexity index is 566. The molecule has 0 saturated heterocycles. The van der Waals surface area contributed by atoms with E-state index < -0.39 is 0 Å². The highest BCUT2D eigenvalue weighted by molar-refractivity contribution is 5.20. The summed E-state index contributed by atoms with van der Waals surface area (Å²) in [5, 5.41) is 0. The van der Waals surface area contributed by atoms with Crippen molar-refractivity contribution in [3.63, 3.8) is 0 Å². The molecule has 0 atom stereocenters. The third kappa shape index (κ3) is 19.8. The number of benzene rings is 3. The van der Waals surface area contributed by atoms with E-state index in [4.69, 9.17) is 0 Å². The lowest BCUT2D eigenvalue weighted by molar-refractivity contribution is 0.469. The minimum absolute atomic E-state index is 0.500. The van der Waals surface area contributed by atoms with Gasteiger partial charge in [-0.2, -0.15) is 0 Å². The van der Waals surface area contributed by atoms with Gasteiger partial charge in [0.2, 0.25) is 0 Å². The van der Waals surface area contributed by atoms with E-state index in [1.54, 1.807) is 0 Å². The molecule has 0 aromatic heterocycles. The van der Waals surface area contributed by atoms with Crippen molar-refractivity contribution < 1.29 is 0 Å². The summed E-state index contributed by atoms with van der Waals surface area (Å²) in [6, 6.07) is 29.0. The van der Waals surface area contributed by atoms with Crippen LogP contribution in [0.1, 0.15) is 49.9 Å². The minimum atomic E-state index is 0.500. The third-order valence-electron chi connectivity index (χ3n) is 3.10. The number of hydrogen-bond acceptors (Lipinski definition) is 0. The molecule has 0 heterocycles. The van der Waals surface area contributed by atoms with Crippen LogP contribution in [0.25, 0.3) is 0 Å². The van der Waals surface area contributed by atoms with Gasteiger partial charge in [0, 0.05) is 0 Å². The Morgan fingerprint density at radius 3 is 0.593 bits per heavy atom. The van der Waals surface area contributed by atoms with Crippen molar-refractivity contribution in [3.8, 4) is 0 Å². The van der Waals surface area contributed by atoms with Gasteiger partial charge in [-0.15, -0.1) is 0 Å². The third-order valence-corrected chi connectivity index (χ3v) is 3.10. The van der Waals surface area contributed by atoms with Crippen LogP contribution < -0.4 is 0 Å². The maximum absolute atomic E-state index is 2.19. The molecule has 0 radical (unpaired) electrons. The van der Waals surface area contributed by atoms with Crippen molar-refractivity contribution in [1.82, 2.24) is 0 Å². The van der Waals surface area contributed by atoms with E-state index in [-0.39, 0.29) is 0 Å². The Kier molecular flexibility index (Phi) is 12.6. The first-order valence-corrected chi connectivity index (χ1v) is 9.64. The number of aryl methyl sites for hydroxylation is 4. The van der Waals surface area contributed by atoms with E-state index >= 15 is 0 Å². The molecule has 0 aliphatic carbocycles. The molecular weight excluding hydrogens is 324 g/mol. The maximum atomic E-state index is 2.19. The van der Waals surface area contributed by atoms with Gasteiger partial charge in [0.1, 0.15) is 0 Å². The SMILES string of the molecule is CC(C)(C)C.Cc1ccc(C)cc1.Cc1ccc(C)cc1.c1ccccc1. The maximum Gasteiger partial charge on any atom is -0.0398 e. The van der Waals surface area contributed by atoms with Crippen LogP contribution in [0.15, 0.2) is 84.9 Å². The van der Waals surface area contributed by atoms with Crippen LogP contribution in [-0.4, -0.2) is 0 Å². The molecule has 0 N–H and O–H groups in total. The predicted octanol–water partition coefficient (Wildman–Crippen LogP) is 8.35. The predicted molar refractivity (Wildman–Crippen MR) is 123 cm³/mol. The van der Waals surface area contributed by atoms with E-state index in [1.807, 2.05) is 36.4 Å². The van der Waals surface area contributed by atoms with Crippen LogP contribution in [0.3, 0.4) is 0 Å². The summed E-state index contributed by atoms with van der Waals surface area (Å²) in [6.45, 7) is 17.1. The van der Waals surface area contributed by atoms with E-state index in [9.17, 15) is 0 Å². The first kappa shape index (κ1) is 24.7. The molecule has 0 unspecified atom stereocenters. The van der Waals surface area contributed by atoms with Crippen molar-refractivity contribution in [1.29, 1.82) is 0 Å². The van der Waals surface area contributed by atoms with E-state index in [2.05, 4.69) is 104 Å². The summed E-state index contributed by atoms with van der Waals surface area (Å²) in [7, 11) is 0. The molecule has 3 aromatic carbocycles. The second-order valence-electron chi connectivity index (χ2n) is 8.46. The van der Waals surface area contributed by atoms with Gasteiger partial charge < -0.3 is 0 Å². The second kappa shape index (κ2) is 13.8. The van der Waals surface area contributed by atoms with Gasteiger partial charge in [-0.05, 0) is 33.1 Å². The highest BCUT2D eigenvalue weighted by Crippen LogP contribution is 2.08. The number of hydrogen-bond donors (Lipinski definition) is 0. The van der Waals surface area contributed by atoms with Crippen LogP contribution >= 0.6 is 0 Å². The van der Waals surface area contributed by atoms with Gasteiger partial charge in [-0.25, -0.2) is 0 Å². The largest absolute Gasteiger partial charge is 0.0623 e. The summed E-state index contributed by atoms with van der Waals surface area (Å²) in [5.74, 6) is 0. The molecule has 0 aliphatic heterocycles. The van der Waals surface area contributed by atoms with Crippen molar-refractivity contribution in [3.05, 3.63) is 107 Å². The standard InChI is InChI=1S/2C8H10.C6H6.C5H12/c2*1-7-3-5-8(2)6-4-7;1-2-4-6-5-3-1;1-5(2,3)4/h2*3-6H,1-2H3;1-6H;1-4H3. The zero-order chi connectivity index (χ0) is 20.7. The molecule has 27 heavy (non-hydrogen) atoms. The van der Waals surface area contributed by atoms with Crippen molar-refractivity contribution in [2.24, 2.45) is 5.41 Å². The smallest absolute Gasteiger partial charge is 0.0398 e. The Morgan fingerprint density at radius 1 is 0.370 bits per heavy atom. The first-order chi connectivity index (χ1) is 12.6. The molecule has 0 heteroatoms. The summed E-state index contributed by atoms with van der Waals surface area (Å²) >= 11 is 0. The van der Waals surface area contributed by atoms with E-state index in [0.29, 0.717) is 5.41 Å². The van der Waals surface area contributed by atoms with E-state index in [1.165, 1.54) is 22.3 Å². The highest BCUT2D eigenvalue weighted by Gasteiger charge is 1.95. The molecule has 0 fully saturated rings. The Labute approximate surface area is 168 Å². The van der Waals surface area contributed by atoms with E-state index in [0.717, 1.165) is 0 Å². The van der Waals surface area contributed by atoms with Crippen LogP contribution in [0, 0.1) is 33.1 Å². The first-order valence-electron chi connectivity index (χ1n) is 9.64. The Morgan fingerprint density at radius 2 is 0.481 bits per heavy atom. The second-order valence-corrected chi connectivity index (χ2v) is 8.46. The zero-order valence-corrected chi connectivity index (χ0v) is 18.6. The molecule has 0 spiro atoms. The van der Waals surface area contributed by atoms with Crippen LogP contribution in [0.4, 0.5) is 0 Å². The fraction of sp³-hybridized carbons (Fsp3) is 0.333. The van der Waals surface area contributed by atoms with Crippen molar-refractivity contribution in [2.45, 2.75) is 55.4 Å². The molecule has 3 rings (SSSR count). The molecular formula is C27H38. The number of rotatable bonds is 0.